The van der Waals surface area contributed by atoms with Crippen molar-refractivity contribution in [2.45, 2.75) is 42.4 Å². The Bertz CT molecular complexity index is 436. The van der Waals surface area contributed by atoms with Gasteiger partial charge in [-0.05, 0) is 18.6 Å². The number of aliphatic hydroxyl groups is 1. The van der Waals surface area contributed by atoms with E-state index < -0.39 is 6.10 Å². The van der Waals surface area contributed by atoms with Crippen molar-refractivity contribution in [3.05, 3.63) is 30.3 Å². The van der Waals surface area contributed by atoms with Crippen LogP contribution in [0.4, 0.5) is 0 Å². The molecule has 1 rings (SSSR count). The summed E-state index contributed by atoms with van der Waals surface area (Å²) in [5.41, 5.74) is 0. The van der Waals surface area contributed by atoms with Crippen LogP contribution in [0.25, 0.3) is 0 Å². The summed E-state index contributed by atoms with van der Waals surface area (Å²) in [7, 11) is 0. The van der Waals surface area contributed by atoms with Crippen LogP contribution in [0.1, 0.15) is 26.2 Å². The lowest BCUT2D eigenvalue weighted by molar-refractivity contribution is 0.243. The zero-order valence-electron chi connectivity index (χ0n) is 10.6. The van der Waals surface area contributed by atoms with E-state index in [0.717, 1.165) is 24.2 Å². The van der Waals surface area contributed by atoms with E-state index in [1.54, 1.807) is 0 Å². The molecule has 0 radical (unpaired) electrons. The van der Waals surface area contributed by atoms with Crippen molar-refractivity contribution in [2.24, 2.45) is 0 Å². The SMILES string of the molecule is C#CC(Sc1ccccc1)C(O)C#CCCCC. The van der Waals surface area contributed by atoms with E-state index in [-0.39, 0.29) is 5.25 Å². The minimum absolute atomic E-state index is 0.318. The number of terminal acetylenes is 1. The van der Waals surface area contributed by atoms with Gasteiger partial charge in [0.05, 0.1) is 0 Å². The van der Waals surface area contributed by atoms with Crippen LogP contribution in [-0.2, 0) is 0 Å². The Hall–Kier alpha value is -1.35. The van der Waals surface area contributed by atoms with Crippen LogP contribution in [0.3, 0.4) is 0 Å². The molecule has 0 aliphatic heterocycles. The number of benzene rings is 1. The van der Waals surface area contributed by atoms with Gasteiger partial charge >= 0.3 is 0 Å². The van der Waals surface area contributed by atoms with Gasteiger partial charge in [0.25, 0.3) is 0 Å². The second-order valence-electron chi connectivity index (χ2n) is 3.89. The first-order valence-corrected chi connectivity index (χ1v) is 7.00. The summed E-state index contributed by atoms with van der Waals surface area (Å²) >= 11 is 1.47. The molecule has 18 heavy (non-hydrogen) atoms. The molecule has 0 heterocycles. The van der Waals surface area contributed by atoms with Gasteiger partial charge in [0.2, 0.25) is 0 Å². The third kappa shape index (κ3) is 5.32. The number of aliphatic hydroxyl groups excluding tert-OH is 1. The number of rotatable bonds is 5. The number of thioether (sulfide) groups is 1. The average molecular weight is 258 g/mol. The highest BCUT2D eigenvalue weighted by Gasteiger charge is 2.15. The molecule has 2 unspecified atom stereocenters. The van der Waals surface area contributed by atoms with Crippen LogP contribution in [0.5, 0.6) is 0 Å². The molecule has 0 saturated carbocycles. The monoisotopic (exact) mass is 258 g/mol. The minimum Gasteiger partial charge on any atom is -0.378 e. The summed E-state index contributed by atoms with van der Waals surface area (Å²) in [4.78, 5) is 1.05. The maximum atomic E-state index is 9.93. The van der Waals surface area contributed by atoms with E-state index >= 15 is 0 Å². The van der Waals surface area contributed by atoms with Crippen LogP contribution < -0.4 is 0 Å². The van der Waals surface area contributed by atoms with E-state index in [1.165, 1.54) is 11.8 Å². The van der Waals surface area contributed by atoms with Gasteiger partial charge in [-0.15, -0.1) is 24.1 Å². The highest BCUT2D eigenvalue weighted by atomic mass is 32.2. The van der Waals surface area contributed by atoms with E-state index in [0.29, 0.717) is 0 Å². The molecule has 2 heteroatoms. The van der Waals surface area contributed by atoms with E-state index in [1.807, 2.05) is 30.3 Å². The predicted octanol–water partition coefficient (Wildman–Crippen LogP) is 3.34. The molecular weight excluding hydrogens is 240 g/mol. The predicted molar refractivity (Wildman–Crippen MR) is 78.2 cm³/mol. The van der Waals surface area contributed by atoms with Gasteiger partial charge in [0.1, 0.15) is 11.4 Å². The molecule has 0 saturated heterocycles. The fourth-order valence-corrected chi connectivity index (χ4v) is 2.23. The van der Waals surface area contributed by atoms with Gasteiger partial charge in [0, 0.05) is 11.3 Å². The third-order valence-electron chi connectivity index (χ3n) is 2.36. The molecule has 0 amide bonds. The number of unbranched alkanes of at least 4 members (excludes halogenated alkanes) is 2. The van der Waals surface area contributed by atoms with Gasteiger partial charge in [-0.3, -0.25) is 0 Å². The highest BCUT2D eigenvalue weighted by molar-refractivity contribution is 8.00. The molecule has 1 N–H and O–H groups in total. The van der Waals surface area contributed by atoms with Crippen LogP contribution >= 0.6 is 11.8 Å². The molecule has 0 aliphatic rings. The first-order valence-electron chi connectivity index (χ1n) is 6.12. The minimum atomic E-state index is -0.767. The van der Waals surface area contributed by atoms with Gasteiger partial charge in [-0.2, -0.15) is 0 Å². The zero-order valence-corrected chi connectivity index (χ0v) is 11.4. The van der Waals surface area contributed by atoms with E-state index in [9.17, 15) is 5.11 Å². The van der Waals surface area contributed by atoms with Crippen LogP contribution in [0.2, 0.25) is 0 Å². The molecule has 0 spiro atoms. The summed E-state index contributed by atoms with van der Waals surface area (Å²) in [6.45, 7) is 2.12. The molecule has 0 fully saturated rings. The smallest absolute Gasteiger partial charge is 0.137 e. The normalized spacial score (nSPS) is 12.9. The van der Waals surface area contributed by atoms with Crippen LogP contribution in [0.15, 0.2) is 35.2 Å². The number of hydrogen-bond donors (Lipinski definition) is 1. The molecular formula is C16H18OS. The first-order chi connectivity index (χ1) is 8.77. The Morgan fingerprint density at radius 1 is 1.33 bits per heavy atom. The van der Waals surface area contributed by atoms with E-state index in [2.05, 4.69) is 24.7 Å². The topological polar surface area (TPSA) is 20.2 Å². The Labute approximate surface area is 114 Å². The summed E-state index contributed by atoms with van der Waals surface area (Å²) in [6, 6.07) is 9.82. The zero-order chi connectivity index (χ0) is 13.2. The molecule has 2 atom stereocenters. The lowest BCUT2D eigenvalue weighted by Crippen LogP contribution is -2.19. The molecule has 1 aromatic rings. The van der Waals surface area contributed by atoms with Crippen LogP contribution in [-0.4, -0.2) is 16.5 Å². The molecule has 1 aromatic carbocycles. The molecule has 0 bridgehead atoms. The van der Waals surface area contributed by atoms with Crippen molar-refractivity contribution >= 4 is 11.8 Å². The fraction of sp³-hybridized carbons (Fsp3) is 0.375. The summed E-state index contributed by atoms with van der Waals surface area (Å²) in [6.07, 6.45) is 7.68. The lowest BCUT2D eigenvalue weighted by atomic mass is 10.2. The maximum absolute atomic E-state index is 9.93. The largest absolute Gasteiger partial charge is 0.378 e. The maximum Gasteiger partial charge on any atom is 0.137 e. The van der Waals surface area contributed by atoms with Gasteiger partial charge in [0.15, 0.2) is 0 Å². The van der Waals surface area contributed by atoms with Crippen molar-refractivity contribution in [3.63, 3.8) is 0 Å². The molecule has 1 nitrogen and oxygen atoms in total. The van der Waals surface area contributed by atoms with Crippen LogP contribution in [0, 0.1) is 24.2 Å². The second-order valence-corrected chi connectivity index (χ2v) is 5.10. The Balaban J connectivity index is 2.55. The van der Waals surface area contributed by atoms with E-state index in [4.69, 9.17) is 6.42 Å². The standard InChI is InChI=1S/C16H18OS/c1-3-5-6-10-13-15(17)16(4-2)18-14-11-8-7-9-12-14/h2,7-9,11-12,15-17H,3,5-6H2,1H3. The Morgan fingerprint density at radius 2 is 2.06 bits per heavy atom. The first kappa shape index (κ1) is 14.7. The molecule has 0 aliphatic carbocycles. The average Bonchev–Trinajstić information content (AvgIpc) is 2.42. The number of hydrogen-bond acceptors (Lipinski definition) is 2. The van der Waals surface area contributed by atoms with Crippen molar-refractivity contribution < 1.29 is 5.11 Å². The summed E-state index contributed by atoms with van der Waals surface area (Å²) < 4.78 is 0. The fourth-order valence-electron chi connectivity index (χ4n) is 1.35. The van der Waals surface area contributed by atoms with Gasteiger partial charge in [-0.25, -0.2) is 0 Å². The second kappa shape index (κ2) is 8.70. The summed E-state index contributed by atoms with van der Waals surface area (Å²) in [5, 5.41) is 9.61. The quantitative estimate of drug-likeness (QED) is 0.496. The van der Waals surface area contributed by atoms with Crippen molar-refractivity contribution in [2.75, 3.05) is 0 Å². The Morgan fingerprint density at radius 3 is 2.67 bits per heavy atom. The van der Waals surface area contributed by atoms with Crippen molar-refractivity contribution in [3.8, 4) is 24.2 Å². The third-order valence-corrected chi connectivity index (χ3v) is 3.55. The van der Waals surface area contributed by atoms with Gasteiger partial charge < -0.3 is 5.11 Å². The van der Waals surface area contributed by atoms with Gasteiger partial charge in [-0.1, -0.05) is 43.4 Å². The molecule has 0 aromatic heterocycles. The molecule has 94 valence electrons. The van der Waals surface area contributed by atoms with Crippen molar-refractivity contribution in [1.29, 1.82) is 0 Å². The lowest BCUT2D eigenvalue weighted by Gasteiger charge is -2.12. The highest BCUT2D eigenvalue weighted by Crippen LogP contribution is 2.24. The Kier molecular flexibility index (Phi) is 7.11. The van der Waals surface area contributed by atoms with Crippen molar-refractivity contribution in [1.82, 2.24) is 0 Å². The summed E-state index contributed by atoms with van der Waals surface area (Å²) in [5.74, 6) is 8.41.